The maximum atomic E-state index is 11.5. The Morgan fingerprint density at radius 2 is 1.88 bits per heavy atom. The van der Waals surface area contributed by atoms with Crippen molar-refractivity contribution in [3.8, 4) is 5.88 Å². The number of aryl methyl sites for hydroxylation is 1. The van der Waals surface area contributed by atoms with Gasteiger partial charge in [-0.3, -0.25) is 14.4 Å². The van der Waals surface area contributed by atoms with Crippen LogP contribution in [0.25, 0.3) is 0 Å². The summed E-state index contributed by atoms with van der Waals surface area (Å²) in [6.45, 7) is 3.13. The van der Waals surface area contributed by atoms with E-state index in [1.54, 1.807) is 6.20 Å². The minimum atomic E-state index is -0.449. The van der Waals surface area contributed by atoms with Crippen LogP contribution >= 0.6 is 0 Å². The quantitative estimate of drug-likeness (QED) is 0.586. The second kappa shape index (κ2) is 8.04. The number of nitrogens with zero attached hydrogens (tertiary/aromatic N) is 1. The number of hydrogen-bond donors (Lipinski definition) is 0. The first-order valence-electron chi connectivity index (χ1n) is 8.14. The van der Waals surface area contributed by atoms with E-state index < -0.39 is 11.6 Å². The summed E-state index contributed by atoms with van der Waals surface area (Å²) in [4.78, 5) is 38.3. The van der Waals surface area contributed by atoms with Crippen LogP contribution in [0, 0.1) is 12.8 Å². The monoisotopic (exact) mass is 333 g/mol. The van der Waals surface area contributed by atoms with E-state index in [-0.39, 0.29) is 24.4 Å². The highest BCUT2D eigenvalue weighted by Gasteiger charge is 2.28. The Labute approximate surface area is 141 Å². The number of esters is 1. The molecule has 0 amide bonds. The molecule has 0 unspecified atom stereocenters. The molecule has 130 valence electrons. The summed E-state index contributed by atoms with van der Waals surface area (Å²) >= 11 is 0. The van der Waals surface area contributed by atoms with Gasteiger partial charge in [-0.15, -0.1) is 0 Å². The van der Waals surface area contributed by atoms with Crippen LogP contribution in [-0.4, -0.2) is 35.7 Å². The highest BCUT2D eigenvalue weighted by atomic mass is 16.5. The van der Waals surface area contributed by atoms with Gasteiger partial charge in [0.25, 0.3) is 0 Å². The second-order valence-electron chi connectivity index (χ2n) is 6.24. The third-order valence-electron chi connectivity index (χ3n) is 4.33. The predicted molar refractivity (Wildman–Crippen MR) is 86.8 cm³/mol. The SMILES string of the molecule is COC(=O)C1CCC(Oc2ncc(CC(=O)C(C)=O)cc2C)CC1. The zero-order valence-electron chi connectivity index (χ0n) is 14.3. The van der Waals surface area contributed by atoms with Gasteiger partial charge in [-0.1, -0.05) is 0 Å². The lowest BCUT2D eigenvalue weighted by molar-refractivity contribution is -0.147. The van der Waals surface area contributed by atoms with Gasteiger partial charge in [0.1, 0.15) is 6.10 Å². The fourth-order valence-corrected chi connectivity index (χ4v) is 2.89. The van der Waals surface area contributed by atoms with Crippen LogP contribution < -0.4 is 4.74 Å². The first-order valence-corrected chi connectivity index (χ1v) is 8.14. The normalized spacial score (nSPS) is 20.3. The average molecular weight is 333 g/mol. The third kappa shape index (κ3) is 4.63. The molecule has 1 aliphatic rings. The number of hydrogen-bond acceptors (Lipinski definition) is 6. The summed E-state index contributed by atoms with van der Waals surface area (Å²) in [6.07, 6.45) is 4.73. The van der Waals surface area contributed by atoms with Crippen molar-refractivity contribution < 1.29 is 23.9 Å². The molecule has 0 aromatic carbocycles. The molecule has 24 heavy (non-hydrogen) atoms. The van der Waals surface area contributed by atoms with Gasteiger partial charge in [-0.25, -0.2) is 4.98 Å². The molecule has 1 fully saturated rings. The molecule has 1 heterocycles. The van der Waals surface area contributed by atoms with E-state index >= 15 is 0 Å². The van der Waals surface area contributed by atoms with Crippen molar-refractivity contribution in [2.45, 2.75) is 52.1 Å². The topological polar surface area (TPSA) is 82.6 Å². The van der Waals surface area contributed by atoms with Crippen molar-refractivity contribution in [2.75, 3.05) is 7.11 Å². The van der Waals surface area contributed by atoms with Gasteiger partial charge in [0, 0.05) is 25.1 Å². The van der Waals surface area contributed by atoms with Gasteiger partial charge in [0.05, 0.1) is 13.0 Å². The highest BCUT2D eigenvalue weighted by molar-refractivity contribution is 6.36. The summed E-state index contributed by atoms with van der Waals surface area (Å²) < 4.78 is 10.7. The lowest BCUT2D eigenvalue weighted by atomic mass is 9.87. The fraction of sp³-hybridized carbons (Fsp3) is 0.556. The number of pyridine rings is 1. The van der Waals surface area contributed by atoms with Gasteiger partial charge >= 0.3 is 5.97 Å². The van der Waals surface area contributed by atoms with Crippen molar-refractivity contribution in [3.05, 3.63) is 23.4 Å². The molecule has 2 rings (SSSR count). The molecule has 0 spiro atoms. The molecule has 1 aromatic heterocycles. The lowest BCUT2D eigenvalue weighted by Crippen LogP contribution is -2.29. The predicted octanol–water partition coefficient (Wildman–Crippen LogP) is 2.20. The minimum Gasteiger partial charge on any atom is -0.474 e. The molecule has 0 atom stereocenters. The number of ketones is 2. The molecule has 1 aromatic rings. The number of rotatable bonds is 6. The maximum absolute atomic E-state index is 11.5. The Morgan fingerprint density at radius 3 is 2.42 bits per heavy atom. The van der Waals surface area contributed by atoms with Crippen LogP contribution in [0.2, 0.25) is 0 Å². The van der Waals surface area contributed by atoms with Gasteiger partial charge in [0.15, 0.2) is 5.78 Å². The second-order valence-corrected chi connectivity index (χ2v) is 6.24. The summed E-state index contributed by atoms with van der Waals surface area (Å²) in [7, 11) is 1.41. The van der Waals surface area contributed by atoms with Crippen LogP contribution in [0.15, 0.2) is 12.3 Å². The van der Waals surface area contributed by atoms with Gasteiger partial charge in [-0.2, -0.15) is 0 Å². The van der Waals surface area contributed by atoms with Crippen molar-refractivity contribution in [2.24, 2.45) is 5.92 Å². The molecule has 0 aliphatic heterocycles. The number of ether oxygens (including phenoxy) is 2. The molecule has 0 saturated heterocycles. The molecule has 1 saturated carbocycles. The fourth-order valence-electron chi connectivity index (χ4n) is 2.89. The molecule has 1 aliphatic carbocycles. The van der Waals surface area contributed by atoms with Gasteiger partial charge in [0.2, 0.25) is 11.7 Å². The Balaban J connectivity index is 1.93. The van der Waals surface area contributed by atoms with Crippen LogP contribution in [0.4, 0.5) is 0 Å². The third-order valence-corrected chi connectivity index (χ3v) is 4.33. The molecular formula is C18H23NO5. The standard InChI is InChI=1S/C18H23NO5/c1-11-8-13(9-16(21)12(2)20)10-19-17(11)24-15-6-4-14(5-7-15)18(22)23-3/h8,10,14-15H,4-7,9H2,1-3H3. The number of aromatic nitrogens is 1. The van der Waals surface area contributed by atoms with E-state index in [2.05, 4.69) is 4.98 Å². The largest absolute Gasteiger partial charge is 0.474 e. The summed E-state index contributed by atoms with van der Waals surface area (Å²) in [5.41, 5.74) is 1.54. The smallest absolute Gasteiger partial charge is 0.308 e. The Bertz CT molecular complexity index is 632. The van der Waals surface area contributed by atoms with Crippen LogP contribution in [-0.2, 0) is 25.5 Å². The molecule has 0 radical (unpaired) electrons. The molecule has 0 bridgehead atoms. The number of carbonyl (C=O) groups excluding carboxylic acids is 3. The molecule has 0 N–H and O–H groups in total. The van der Waals surface area contributed by atoms with Crippen molar-refractivity contribution in [3.63, 3.8) is 0 Å². The zero-order valence-corrected chi connectivity index (χ0v) is 14.3. The van der Waals surface area contributed by atoms with Crippen LogP contribution in [0.5, 0.6) is 5.88 Å². The van der Waals surface area contributed by atoms with Crippen molar-refractivity contribution >= 4 is 17.5 Å². The number of methoxy groups -OCH3 is 1. The first kappa shape index (κ1) is 18.1. The summed E-state index contributed by atoms with van der Waals surface area (Å²) in [6, 6.07) is 1.82. The zero-order chi connectivity index (χ0) is 17.7. The molecule has 6 heteroatoms. The Morgan fingerprint density at radius 1 is 1.21 bits per heavy atom. The lowest BCUT2D eigenvalue weighted by Gasteiger charge is -2.27. The maximum Gasteiger partial charge on any atom is 0.308 e. The van der Waals surface area contributed by atoms with E-state index in [1.807, 2.05) is 13.0 Å². The van der Waals surface area contributed by atoms with E-state index in [4.69, 9.17) is 9.47 Å². The van der Waals surface area contributed by atoms with E-state index in [0.717, 1.165) is 31.2 Å². The van der Waals surface area contributed by atoms with Crippen molar-refractivity contribution in [1.29, 1.82) is 0 Å². The van der Waals surface area contributed by atoms with Gasteiger partial charge < -0.3 is 9.47 Å². The van der Waals surface area contributed by atoms with Crippen LogP contribution in [0.1, 0.15) is 43.7 Å². The highest BCUT2D eigenvalue weighted by Crippen LogP contribution is 2.29. The first-order chi connectivity index (χ1) is 11.4. The van der Waals surface area contributed by atoms with E-state index in [9.17, 15) is 14.4 Å². The number of carbonyl (C=O) groups is 3. The molecular weight excluding hydrogens is 310 g/mol. The summed E-state index contributed by atoms with van der Waals surface area (Å²) in [5.74, 6) is -0.525. The average Bonchev–Trinajstić information content (AvgIpc) is 2.57. The van der Waals surface area contributed by atoms with E-state index in [0.29, 0.717) is 11.4 Å². The Hall–Kier alpha value is -2.24. The van der Waals surface area contributed by atoms with Crippen molar-refractivity contribution in [1.82, 2.24) is 4.98 Å². The van der Waals surface area contributed by atoms with Crippen LogP contribution in [0.3, 0.4) is 0 Å². The Kier molecular flexibility index (Phi) is 6.06. The number of Topliss-reactive ketones (excluding diaryl/α,β-unsaturated/α-hetero) is 2. The molecule has 6 nitrogen and oxygen atoms in total. The summed E-state index contributed by atoms with van der Waals surface area (Å²) in [5, 5.41) is 0. The minimum absolute atomic E-state index is 0.0295. The van der Waals surface area contributed by atoms with Gasteiger partial charge in [-0.05, 0) is 44.2 Å². The van der Waals surface area contributed by atoms with E-state index in [1.165, 1.54) is 14.0 Å².